The van der Waals surface area contributed by atoms with Crippen molar-refractivity contribution in [3.63, 3.8) is 0 Å². The average molecular weight is 263 g/mol. The third-order valence-electron chi connectivity index (χ3n) is 3.74. The topological polar surface area (TPSA) is 41.7 Å². The van der Waals surface area contributed by atoms with Gasteiger partial charge in [-0.3, -0.25) is 0 Å². The third-order valence-corrected chi connectivity index (χ3v) is 3.74. The van der Waals surface area contributed by atoms with E-state index in [2.05, 4.69) is 22.9 Å². The Morgan fingerprint density at radius 1 is 1.32 bits per heavy atom. The quantitative estimate of drug-likeness (QED) is 0.795. The van der Waals surface area contributed by atoms with E-state index in [4.69, 9.17) is 10.5 Å². The SMILES string of the molecule is COc1ccc(CN(C)CCN2CCCC2)cc1N. The van der Waals surface area contributed by atoms with Crippen LogP contribution in [0.3, 0.4) is 0 Å². The van der Waals surface area contributed by atoms with E-state index in [1.54, 1.807) is 7.11 Å². The molecule has 1 aliphatic heterocycles. The Morgan fingerprint density at radius 3 is 2.68 bits per heavy atom. The zero-order valence-corrected chi connectivity index (χ0v) is 12.1. The summed E-state index contributed by atoms with van der Waals surface area (Å²) in [6.07, 6.45) is 2.72. The minimum Gasteiger partial charge on any atom is -0.495 e. The Hall–Kier alpha value is -1.26. The first-order chi connectivity index (χ1) is 9.19. The molecule has 1 saturated heterocycles. The first-order valence-corrected chi connectivity index (χ1v) is 7.02. The number of ether oxygens (including phenoxy) is 1. The van der Waals surface area contributed by atoms with Gasteiger partial charge in [0.15, 0.2) is 0 Å². The van der Waals surface area contributed by atoms with Gasteiger partial charge in [0.1, 0.15) is 5.75 Å². The second kappa shape index (κ2) is 6.78. The molecular weight excluding hydrogens is 238 g/mol. The van der Waals surface area contributed by atoms with Crippen molar-refractivity contribution in [1.82, 2.24) is 9.80 Å². The van der Waals surface area contributed by atoms with Crippen molar-refractivity contribution in [2.75, 3.05) is 46.1 Å². The van der Waals surface area contributed by atoms with Crippen LogP contribution < -0.4 is 10.5 Å². The van der Waals surface area contributed by atoms with E-state index in [1.807, 2.05) is 12.1 Å². The minimum atomic E-state index is 0.716. The van der Waals surface area contributed by atoms with Crippen LogP contribution in [0, 0.1) is 0 Å². The smallest absolute Gasteiger partial charge is 0.141 e. The molecule has 4 nitrogen and oxygen atoms in total. The van der Waals surface area contributed by atoms with Gasteiger partial charge in [0, 0.05) is 19.6 Å². The van der Waals surface area contributed by atoms with Crippen molar-refractivity contribution in [2.24, 2.45) is 0 Å². The van der Waals surface area contributed by atoms with Crippen LogP contribution in [0.25, 0.3) is 0 Å². The number of hydrogen-bond donors (Lipinski definition) is 1. The number of benzene rings is 1. The van der Waals surface area contributed by atoms with Gasteiger partial charge in [-0.05, 0) is 50.7 Å². The van der Waals surface area contributed by atoms with E-state index in [9.17, 15) is 0 Å². The average Bonchev–Trinajstić information content (AvgIpc) is 2.90. The molecule has 1 aromatic rings. The monoisotopic (exact) mass is 263 g/mol. The minimum absolute atomic E-state index is 0.716. The largest absolute Gasteiger partial charge is 0.495 e. The van der Waals surface area contributed by atoms with E-state index < -0.39 is 0 Å². The number of nitrogens with two attached hydrogens (primary N) is 1. The predicted molar refractivity (Wildman–Crippen MR) is 79.4 cm³/mol. The number of anilines is 1. The number of likely N-dealkylation sites (tertiary alicyclic amines) is 1. The van der Waals surface area contributed by atoms with Gasteiger partial charge in [0.2, 0.25) is 0 Å². The maximum atomic E-state index is 5.93. The molecule has 1 aliphatic rings. The van der Waals surface area contributed by atoms with Crippen molar-refractivity contribution in [2.45, 2.75) is 19.4 Å². The number of nitrogens with zero attached hydrogens (tertiary/aromatic N) is 2. The molecule has 2 N–H and O–H groups in total. The summed E-state index contributed by atoms with van der Waals surface area (Å²) in [6, 6.07) is 6.03. The molecule has 1 aromatic carbocycles. The highest BCUT2D eigenvalue weighted by Gasteiger charge is 2.12. The highest BCUT2D eigenvalue weighted by molar-refractivity contribution is 5.54. The van der Waals surface area contributed by atoms with Gasteiger partial charge < -0.3 is 20.3 Å². The van der Waals surface area contributed by atoms with Crippen LogP contribution in [-0.2, 0) is 6.54 Å². The van der Waals surface area contributed by atoms with Gasteiger partial charge in [-0.2, -0.15) is 0 Å². The van der Waals surface area contributed by atoms with E-state index in [0.29, 0.717) is 5.69 Å². The summed E-state index contributed by atoms with van der Waals surface area (Å²) < 4.78 is 5.17. The van der Waals surface area contributed by atoms with Gasteiger partial charge in [0.25, 0.3) is 0 Å². The standard InChI is InChI=1S/C15H25N3O/c1-17(9-10-18-7-3-4-8-18)12-13-5-6-15(19-2)14(16)11-13/h5-6,11H,3-4,7-10,12,16H2,1-2H3. The summed E-state index contributed by atoms with van der Waals surface area (Å²) in [4.78, 5) is 4.89. The molecular formula is C15H25N3O. The van der Waals surface area contributed by atoms with E-state index in [1.165, 1.54) is 38.0 Å². The lowest BCUT2D eigenvalue weighted by Gasteiger charge is -2.21. The Balaban J connectivity index is 1.80. The summed E-state index contributed by atoms with van der Waals surface area (Å²) in [5, 5.41) is 0. The molecule has 4 heteroatoms. The van der Waals surface area contributed by atoms with Crippen molar-refractivity contribution in [1.29, 1.82) is 0 Å². The fraction of sp³-hybridized carbons (Fsp3) is 0.600. The van der Waals surface area contributed by atoms with Gasteiger partial charge >= 0.3 is 0 Å². The fourth-order valence-corrected chi connectivity index (χ4v) is 2.59. The Labute approximate surface area is 116 Å². The number of rotatable bonds is 6. The molecule has 0 aliphatic carbocycles. The Bertz CT molecular complexity index is 402. The number of nitrogen functional groups attached to an aromatic ring is 1. The second-order valence-electron chi connectivity index (χ2n) is 5.36. The first-order valence-electron chi connectivity index (χ1n) is 7.02. The maximum Gasteiger partial charge on any atom is 0.141 e. The maximum absolute atomic E-state index is 5.93. The molecule has 0 atom stereocenters. The third kappa shape index (κ3) is 4.11. The van der Waals surface area contributed by atoms with Crippen LogP contribution in [0.4, 0.5) is 5.69 Å². The lowest BCUT2D eigenvalue weighted by atomic mass is 10.2. The lowest BCUT2D eigenvalue weighted by molar-refractivity contribution is 0.252. The molecule has 0 aromatic heterocycles. The van der Waals surface area contributed by atoms with Gasteiger partial charge in [-0.15, -0.1) is 0 Å². The van der Waals surface area contributed by atoms with Gasteiger partial charge in [-0.1, -0.05) is 6.07 Å². The van der Waals surface area contributed by atoms with Crippen molar-refractivity contribution >= 4 is 5.69 Å². The summed E-state index contributed by atoms with van der Waals surface area (Å²) in [7, 11) is 3.81. The van der Waals surface area contributed by atoms with Gasteiger partial charge in [-0.25, -0.2) is 0 Å². The predicted octanol–water partition coefficient (Wildman–Crippen LogP) is 1.80. The van der Waals surface area contributed by atoms with Crippen LogP contribution in [0.5, 0.6) is 5.75 Å². The fourth-order valence-electron chi connectivity index (χ4n) is 2.59. The molecule has 19 heavy (non-hydrogen) atoms. The van der Waals surface area contributed by atoms with Gasteiger partial charge in [0.05, 0.1) is 12.8 Å². The van der Waals surface area contributed by atoms with Crippen LogP contribution in [0.15, 0.2) is 18.2 Å². The number of likely N-dealkylation sites (N-methyl/N-ethyl adjacent to an activating group) is 1. The Morgan fingerprint density at radius 2 is 2.05 bits per heavy atom. The van der Waals surface area contributed by atoms with Crippen molar-refractivity contribution in [3.8, 4) is 5.75 Å². The molecule has 0 radical (unpaired) electrons. The summed E-state index contributed by atoms with van der Waals surface area (Å²) in [5.74, 6) is 0.753. The first kappa shape index (κ1) is 14.2. The van der Waals surface area contributed by atoms with Crippen LogP contribution >= 0.6 is 0 Å². The van der Waals surface area contributed by atoms with Crippen LogP contribution in [-0.4, -0.2) is 50.1 Å². The molecule has 1 heterocycles. The summed E-state index contributed by atoms with van der Waals surface area (Å²) in [6.45, 7) is 5.74. The molecule has 0 amide bonds. The molecule has 1 fully saturated rings. The number of hydrogen-bond acceptors (Lipinski definition) is 4. The summed E-state index contributed by atoms with van der Waals surface area (Å²) >= 11 is 0. The second-order valence-corrected chi connectivity index (χ2v) is 5.36. The Kier molecular flexibility index (Phi) is 5.05. The highest BCUT2D eigenvalue weighted by Crippen LogP contribution is 2.22. The zero-order chi connectivity index (χ0) is 13.7. The van der Waals surface area contributed by atoms with Crippen LogP contribution in [0.1, 0.15) is 18.4 Å². The highest BCUT2D eigenvalue weighted by atomic mass is 16.5. The van der Waals surface area contributed by atoms with Crippen molar-refractivity contribution < 1.29 is 4.74 Å². The molecule has 0 saturated carbocycles. The summed E-state index contributed by atoms with van der Waals surface area (Å²) in [5.41, 5.74) is 7.88. The van der Waals surface area contributed by atoms with Crippen molar-refractivity contribution in [3.05, 3.63) is 23.8 Å². The lowest BCUT2D eigenvalue weighted by Crippen LogP contribution is -2.31. The molecule has 0 spiro atoms. The molecule has 106 valence electrons. The number of methoxy groups -OCH3 is 1. The van der Waals surface area contributed by atoms with E-state index in [0.717, 1.165) is 18.8 Å². The molecule has 0 bridgehead atoms. The van der Waals surface area contributed by atoms with E-state index >= 15 is 0 Å². The zero-order valence-electron chi connectivity index (χ0n) is 12.1. The molecule has 2 rings (SSSR count). The normalized spacial score (nSPS) is 16.2. The van der Waals surface area contributed by atoms with Crippen LogP contribution in [0.2, 0.25) is 0 Å². The van der Waals surface area contributed by atoms with E-state index in [-0.39, 0.29) is 0 Å². The molecule has 0 unspecified atom stereocenters.